The van der Waals surface area contributed by atoms with Gasteiger partial charge in [-0.25, -0.2) is 13.2 Å². The third-order valence-corrected chi connectivity index (χ3v) is 3.82. The Morgan fingerprint density at radius 3 is 2.56 bits per heavy atom. The number of methoxy groups -OCH3 is 1. The Labute approximate surface area is 141 Å². The smallest absolute Gasteiger partial charge is 0.226 e. The summed E-state index contributed by atoms with van der Waals surface area (Å²) in [5, 5.41) is 3.33. The van der Waals surface area contributed by atoms with E-state index in [-0.39, 0.29) is 12.1 Å². The van der Waals surface area contributed by atoms with E-state index in [0.717, 1.165) is 23.0 Å². The molecule has 2 aromatic carbocycles. The predicted octanol–water partition coefficient (Wildman–Crippen LogP) is 4.10. The average Bonchev–Trinajstić information content (AvgIpc) is 3.01. The van der Waals surface area contributed by atoms with Crippen LogP contribution in [-0.4, -0.2) is 17.6 Å². The van der Waals surface area contributed by atoms with E-state index in [1.165, 1.54) is 0 Å². The molecule has 3 aromatic rings. The van der Waals surface area contributed by atoms with Crippen molar-refractivity contribution in [3.8, 4) is 5.75 Å². The fraction of sp³-hybridized carbons (Fsp3) is 0.167. The number of hydrogen-bond acceptors (Lipinski definition) is 2. The minimum absolute atomic E-state index is 0.0719. The lowest BCUT2D eigenvalue weighted by molar-refractivity contribution is -0.116. The SMILES string of the molecule is COc1cccc2ccn(CCC(=O)Nc3cc(F)c(F)c(F)c3)c12. The molecule has 0 aliphatic carbocycles. The molecule has 3 rings (SSSR count). The fourth-order valence-corrected chi connectivity index (χ4v) is 2.65. The molecule has 4 nitrogen and oxygen atoms in total. The van der Waals surface area contributed by atoms with E-state index in [1.54, 1.807) is 7.11 Å². The summed E-state index contributed by atoms with van der Waals surface area (Å²) >= 11 is 0. The minimum Gasteiger partial charge on any atom is -0.495 e. The lowest BCUT2D eigenvalue weighted by Gasteiger charge is -2.10. The highest BCUT2D eigenvalue weighted by Crippen LogP contribution is 2.26. The van der Waals surface area contributed by atoms with Crippen LogP contribution in [-0.2, 0) is 11.3 Å². The standard InChI is InChI=1S/C18H15F3N2O2/c1-25-15-4-2-3-11-5-7-23(18(11)15)8-6-16(24)22-12-9-13(19)17(21)14(20)10-12/h2-5,7,9-10H,6,8H2,1H3,(H,22,24). The van der Waals surface area contributed by atoms with Gasteiger partial charge in [-0.3, -0.25) is 4.79 Å². The molecule has 1 N–H and O–H groups in total. The summed E-state index contributed by atoms with van der Waals surface area (Å²) in [4.78, 5) is 12.0. The Morgan fingerprint density at radius 1 is 1.16 bits per heavy atom. The molecular formula is C18H15F3N2O2. The number of rotatable bonds is 5. The zero-order valence-corrected chi connectivity index (χ0v) is 13.4. The second-order valence-corrected chi connectivity index (χ2v) is 5.46. The largest absolute Gasteiger partial charge is 0.495 e. The van der Waals surface area contributed by atoms with Crippen LogP contribution < -0.4 is 10.1 Å². The number of carbonyl (C=O) groups is 1. The number of hydrogen-bond donors (Lipinski definition) is 1. The number of halogens is 3. The first kappa shape index (κ1) is 16.9. The Kier molecular flexibility index (Phi) is 4.65. The van der Waals surface area contributed by atoms with Crippen LogP contribution >= 0.6 is 0 Å². The van der Waals surface area contributed by atoms with Crippen LogP contribution in [0.15, 0.2) is 42.6 Å². The molecule has 0 fully saturated rings. The number of amides is 1. The van der Waals surface area contributed by atoms with Gasteiger partial charge in [0.1, 0.15) is 5.75 Å². The monoisotopic (exact) mass is 348 g/mol. The summed E-state index contributed by atoms with van der Waals surface area (Å²) in [5.74, 6) is -4.02. The van der Waals surface area contributed by atoms with Crippen molar-refractivity contribution in [2.24, 2.45) is 0 Å². The number of carbonyl (C=O) groups excluding carboxylic acids is 1. The maximum atomic E-state index is 13.2. The first-order valence-electron chi connectivity index (χ1n) is 7.56. The van der Waals surface area contributed by atoms with Crippen LogP contribution in [0.3, 0.4) is 0 Å². The molecule has 0 bridgehead atoms. The summed E-state index contributed by atoms with van der Waals surface area (Å²) < 4.78 is 46.5. The summed E-state index contributed by atoms with van der Waals surface area (Å²) in [6.07, 6.45) is 1.90. The van der Waals surface area contributed by atoms with Gasteiger partial charge in [-0.2, -0.15) is 0 Å². The highest BCUT2D eigenvalue weighted by Gasteiger charge is 2.13. The Hall–Kier alpha value is -2.96. The van der Waals surface area contributed by atoms with Gasteiger partial charge in [0, 0.05) is 42.4 Å². The fourth-order valence-electron chi connectivity index (χ4n) is 2.65. The minimum atomic E-state index is -1.57. The van der Waals surface area contributed by atoms with E-state index >= 15 is 0 Å². The lowest BCUT2D eigenvalue weighted by atomic mass is 10.2. The molecule has 0 saturated carbocycles. The maximum Gasteiger partial charge on any atom is 0.226 e. The van der Waals surface area contributed by atoms with Crippen LogP contribution in [0.2, 0.25) is 0 Å². The topological polar surface area (TPSA) is 43.3 Å². The number of ether oxygens (including phenoxy) is 1. The zero-order chi connectivity index (χ0) is 18.0. The molecule has 25 heavy (non-hydrogen) atoms. The first-order chi connectivity index (χ1) is 12.0. The van der Waals surface area contributed by atoms with Gasteiger partial charge in [-0.15, -0.1) is 0 Å². The molecule has 130 valence electrons. The van der Waals surface area contributed by atoms with Crippen LogP contribution in [0.25, 0.3) is 10.9 Å². The molecule has 1 amide bonds. The second kappa shape index (κ2) is 6.88. The van der Waals surface area contributed by atoms with Crippen molar-refractivity contribution in [2.45, 2.75) is 13.0 Å². The highest BCUT2D eigenvalue weighted by atomic mass is 19.2. The highest BCUT2D eigenvalue weighted by molar-refractivity contribution is 5.91. The Balaban J connectivity index is 1.71. The molecule has 7 heteroatoms. The van der Waals surface area contributed by atoms with E-state index in [9.17, 15) is 18.0 Å². The predicted molar refractivity (Wildman–Crippen MR) is 88.1 cm³/mol. The third kappa shape index (κ3) is 3.45. The summed E-state index contributed by atoms with van der Waals surface area (Å²) in [7, 11) is 1.57. The molecule has 0 aliphatic rings. The molecule has 0 spiro atoms. The van der Waals surface area contributed by atoms with E-state index in [0.29, 0.717) is 12.3 Å². The maximum absolute atomic E-state index is 13.2. The number of benzene rings is 2. The molecule has 0 atom stereocenters. The van der Waals surface area contributed by atoms with Crippen molar-refractivity contribution in [2.75, 3.05) is 12.4 Å². The van der Waals surface area contributed by atoms with Gasteiger partial charge in [0.15, 0.2) is 17.5 Å². The molecule has 1 aromatic heterocycles. The van der Waals surface area contributed by atoms with Crippen molar-refractivity contribution >= 4 is 22.5 Å². The number of para-hydroxylation sites is 1. The first-order valence-corrected chi connectivity index (χ1v) is 7.56. The number of aryl methyl sites for hydroxylation is 1. The van der Waals surface area contributed by atoms with Gasteiger partial charge in [-0.1, -0.05) is 12.1 Å². The number of nitrogens with zero attached hydrogens (tertiary/aromatic N) is 1. The van der Waals surface area contributed by atoms with Gasteiger partial charge >= 0.3 is 0 Å². The Bertz CT molecular complexity index is 914. The normalized spacial score (nSPS) is 10.9. The third-order valence-electron chi connectivity index (χ3n) is 3.82. The number of aromatic nitrogens is 1. The summed E-state index contributed by atoms with van der Waals surface area (Å²) in [6.45, 7) is 0.349. The van der Waals surface area contributed by atoms with Crippen molar-refractivity contribution in [1.82, 2.24) is 4.57 Å². The van der Waals surface area contributed by atoms with Crippen LogP contribution in [0.5, 0.6) is 5.75 Å². The van der Waals surface area contributed by atoms with Gasteiger partial charge in [0.25, 0.3) is 0 Å². The van der Waals surface area contributed by atoms with Crippen LogP contribution in [0, 0.1) is 17.5 Å². The number of nitrogens with one attached hydrogen (secondary N) is 1. The lowest BCUT2D eigenvalue weighted by Crippen LogP contribution is -2.15. The van der Waals surface area contributed by atoms with E-state index < -0.39 is 23.4 Å². The van der Waals surface area contributed by atoms with Crippen molar-refractivity contribution in [3.63, 3.8) is 0 Å². The number of anilines is 1. The Morgan fingerprint density at radius 2 is 1.88 bits per heavy atom. The molecular weight excluding hydrogens is 333 g/mol. The van der Waals surface area contributed by atoms with Gasteiger partial charge in [-0.05, 0) is 12.1 Å². The molecule has 0 aliphatic heterocycles. The molecule has 0 unspecified atom stereocenters. The van der Waals surface area contributed by atoms with Gasteiger partial charge in [0.05, 0.1) is 12.6 Å². The van der Waals surface area contributed by atoms with E-state index in [1.807, 2.05) is 35.0 Å². The summed E-state index contributed by atoms with van der Waals surface area (Å²) in [5.41, 5.74) is 0.730. The van der Waals surface area contributed by atoms with E-state index in [4.69, 9.17) is 4.74 Å². The van der Waals surface area contributed by atoms with Crippen molar-refractivity contribution in [3.05, 3.63) is 60.0 Å². The quantitative estimate of drug-likeness (QED) is 0.706. The molecule has 0 saturated heterocycles. The summed E-state index contributed by atoms with van der Waals surface area (Å²) in [6, 6.07) is 9.01. The van der Waals surface area contributed by atoms with Crippen molar-refractivity contribution < 1.29 is 22.7 Å². The van der Waals surface area contributed by atoms with Gasteiger partial charge < -0.3 is 14.6 Å². The second-order valence-electron chi connectivity index (χ2n) is 5.46. The molecule has 0 radical (unpaired) electrons. The number of fused-ring (bicyclic) bond motifs is 1. The van der Waals surface area contributed by atoms with Crippen LogP contribution in [0.4, 0.5) is 18.9 Å². The van der Waals surface area contributed by atoms with Crippen molar-refractivity contribution in [1.29, 1.82) is 0 Å². The zero-order valence-electron chi connectivity index (χ0n) is 13.4. The molecule has 1 heterocycles. The van der Waals surface area contributed by atoms with Gasteiger partial charge in [0.2, 0.25) is 5.91 Å². The van der Waals surface area contributed by atoms with E-state index in [2.05, 4.69) is 5.32 Å². The average molecular weight is 348 g/mol. The van der Waals surface area contributed by atoms with Crippen LogP contribution in [0.1, 0.15) is 6.42 Å².